The number of halogens is 7. The van der Waals surface area contributed by atoms with E-state index in [0.717, 1.165) is 44.1 Å². The molecule has 0 radical (unpaired) electrons. The molecule has 8 nitrogen and oxygen atoms in total. The van der Waals surface area contributed by atoms with Crippen molar-refractivity contribution in [3.05, 3.63) is 53.9 Å². The Morgan fingerprint density at radius 3 is 1.94 bits per heavy atom. The predicted octanol–water partition coefficient (Wildman–Crippen LogP) is 3.48. The molecule has 15 heteroatoms. The van der Waals surface area contributed by atoms with Gasteiger partial charge in [0.1, 0.15) is 11.6 Å². The number of alkyl halides is 6. The molecule has 0 saturated carbocycles. The molecule has 0 fully saturated rings. The van der Waals surface area contributed by atoms with Crippen LogP contribution in [0.5, 0.6) is 0 Å². The van der Waals surface area contributed by atoms with E-state index in [0.29, 0.717) is 5.92 Å². The zero-order valence-corrected chi connectivity index (χ0v) is 19.2. The van der Waals surface area contributed by atoms with Crippen LogP contribution in [-0.4, -0.2) is 81.0 Å². The van der Waals surface area contributed by atoms with Gasteiger partial charge in [-0.2, -0.15) is 26.3 Å². The summed E-state index contributed by atoms with van der Waals surface area (Å²) < 4.78 is 78.8. The van der Waals surface area contributed by atoms with E-state index in [2.05, 4.69) is 39.6 Å². The molecular weight excluding hydrogens is 505 g/mol. The van der Waals surface area contributed by atoms with Crippen LogP contribution in [0.4, 0.5) is 30.7 Å². The molecule has 1 aromatic carbocycles. The lowest BCUT2D eigenvalue weighted by Crippen LogP contribution is -2.33. The van der Waals surface area contributed by atoms with Crippen LogP contribution in [0.3, 0.4) is 0 Å². The van der Waals surface area contributed by atoms with E-state index in [-0.39, 0.29) is 5.82 Å². The monoisotopic (exact) mass is 530 g/mol. The van der Waals surface area contributed by atoms with Crippen molar-refractivity contribution in [3.63, 3.8) is 0 Å². The molecule has 0 spiro atoms. The first-order valence-electron chi connectivity index (χ1n) is 10.2. The summed E-state index contributed by atoms with van der Waals surface area (Å²) in [7, 11) is 4.23. The third-order valence-corrected chi connectivity index (χ3v) is 4.57. The molecule has 3 rings (SSSR count). The molecule has 2 aromatic rings. The number of carboxylic acids is 2. The van der Waals surface area contributed by atoms with Gasteiger partial charge in [-0.05, 0) is 31.8 Å². The van der Waals surface area contributed by atoms with Gasteiger partial charge in [-0.25, -0.2) is 19.0 Å². The normalized spacial score (nSPS) is 16.1. The number of carboxylic acid groups (broad SMARTS) is 2. The Labute approximate surface area is 201 Å². The fourth-order valence-corrected chi connectivity index (χ4v) is 3.22. The summed E-state index contributed by atoms with van der Waals surface area (Å²) in [5, 5.41) is 14.2. The minimum atomic E-state index is -5.08. The van der Waals surface area contributed by atoms with Crippen molar-refractivity contribution < 1.29 is 50.5 Å². The van der Waals surface area contributed by atoms with Crippen LogP contribution >= 0.6 is 0 Å². The number of nitrogens with zero attached hydrogens (tertiary/aromatic N) is 4. The number of rotatable bonds is 4. The maximum absolute atomic E-state index is 13.1. The third-order valence-electron chi connectivity index (χ3n) is 4.57. The summed E-state index contributed by atoms with van der Waals surface area (Å²) in [6, 6.07) is 6.80. The Morgan fingerprint density at radius 1 is 1.00 bits per heavy atom. The summed E-state index contributed by atoms with van der Waals surface area (Å²) in [6.07, 6.45) is -6.22. The Morgan fingerprint density at radius 2 is 1.50 bits per heavy atom. The second kappa shape index (κ2) is 13.2. The second-order valence-corrected chi connectivity index (χ2v) is 8.03. The lowest BCUT2D eigenvalue weighted by atomic mass is 10.1. The van der Waals surface area contributed by atoms with E-state index in [4.69, 9.17) is 19.8 Å². The van der Waals surface area contributed by atoms with Crippen LogP contribution < -0.4 is 0 Å². The van der Waals surface area contributed by atoms with E-state index in [9.17, 15) is 30.7 Å². The summed E-state index contributed by atoms with van der Waals surface area (Å²) in [5.41, 5.74) is 1.14. The highest BCUT2D eigenvalue weighted by Crippen LogP contribution is 2.19. The van der Waals surface area contributed by atoms with E-state index in [1.807, 2.05) is 18.3 Å². The first kappa shape index (κ1) is 30.8. The van der Waals surface area contributed by atoms with Crippen LogP contribution in [0.15, 0.2) is 36.7 Å². The molecule has 1 unspecified atom stereocenters. The van der Waals surface area contributed by atoms with E-state index < -0.39 is 24.3 Å². The lowest BCUT2D eigenvalue weighted by Gasteiger charge is -2.25. The summed E-state index contributed by atoms with van der Waals surface area (Å²) in [5.74, 6) is -4.02. The van der Waals surface area contributed by atoms with Gasteiger partial charge in [0.2, 0.25) is 0 Å². The zero-order valence-electron chi connectivity index (χ0n) is 19.2. The maximum atomic E-state index is 13.1. The van der Waals surface area contributed by atoms with Gasteiger partial charge in [-0.15, -0.1) is 0 Å². The largest absolute Gasteiger partial charge is 0.490 e. The molecule has 0 amide bonds. The number of aliphatic carboxylic acids is 2. The highest BCUT2D eigenvalue weighted by Gasteiger charge is 2.38. The van der Waals surface area contributed by atoms with Crippen molar-refractivity contribution in [3.8, 4) is 0 Å². The van der Waals surface area contributed by atoms with Gasteiger partial charge in [0.05, 0.1) is 6.54 Å². The molecule has 1 aromatic heterocycles. The molecule has 0 saturated heterocycles. The van der Waals surface area contributed by atoms with Crippen molar-refractivity contribution in [2.45, 2.75) is 32.0 Å². The van der Waals surface area contributed by atoms with Gasteiger partial charge < -0.3 is 19.7 Å². The molecule has 202 valence electrons. The molecule has 2 heterocycles. The Bertz CT molecular complexity index is 952. The first-order valence-corrected chi connectivity index (χ1v) is 10.2. The standard InChI is InChI=1S/C17H23FN4.2C2HF3O2/c1-20(2)9-15-11-21(10-14-3-5-16(18)6-4-14)13-17-19-7-8-22(17)12-15;2*3-2(4,5)1(6)7/h3-8,15H,9-13H2,1-2H3;2*(H,6,7). The van der Waals surface area contributed by atoms with Crippen LogP contribution in [0.25, 0.3) is 0 Å². The van der Waals surface area contributed by atoms with Crippen LogP contribution in [0.2, 0.25) is 0 Å². The summed E-state index contributed by atoms with van der Waals surface area (Å²) in [4.78, 5) is 26.9. The van der Waals surface area contributed by atoms with Crippen molar-refractivity contribution in [2.75, 3.05) is 27.2 Å². The number of fused-ring (bicyclic) bond motifs is 1. The Balaban J connectivity index is 0.000000383. The smallest absolute Gasteiger partial charge is 0.475 e. The van der Waals surface area contributed by atoms with Gasteiger partial charge in [0, 0.05) is 44.5 Å². The summed E-state index contributed by atoms with van der Waals surface area (Å²) in [6.45, 7) is 4.76. The van der Waals surface area contributed by atoms with Gasteiger partial charge in [0.15, 0.2) is 0 Å². The van der Waals surface area contributed by atoms with E-state index >= 15 is 0 Å². The molecule has 1 aliphatic heterocycles. The van der Waals surface area contributed by atoms with E-state index in [1.165, 1.54) is 12.1 Å². The molecule has 0 aliphatic carbocycles. The summed E-state index contributed by atoms with van der Waals surface area (Å²) >= 11 is 0. The number of aromatic nitrogens is 2. The zero-order chi connectivity index (χ0) is 27.7. The number of carbonyl (C=O) groups is 2. The fraction of sp³-hybridized carbons (Fsp3) is 0.476. The minimum absolute atomic E-state index is 0.180. The number of hydrogen-bond acceptors (Lipinski definition) is 5. The molecule has 1 aliphatic rings. The van der Waals surface area contributed by atoms with Crippen molar-refractivity contribution >= 4 is 11.9 Å². The van der Waals surface area contributed by atoms with Gasteiger partial charge >= 0.3 is 24.3 Å². The number of hydrogen-bond donors (Lipinski definition) is 2. The number of benzene rings is 1. The molecular formula is C21H25F7N4O4. The van der Waals surface area contributed by atoms with Crippen molar-refractivity contribution in [2.24, 2.45) is 5.92 Å². The average molecular weight is 530 g/mol. The van der Waals surface area contributed by atoms with Crippen molar-refractivity contribution in [1.29, 1.82) is 0 Å². The number of imidazole rings is 1. The molecule has 1 atom stereocenters. The topological polar surface area (TPSA) is 98.9 Å². The Kier molecular flexibility index (Phi) is 11.3. The minimum Gasteiger partial charge on any atom is -0.475 e. The van der Waals surface area contributed by atoms with Crippen LogP contribution in [-0.2, 0) is 29.2 Å². The Hall–Kier alpha value is -3.20. The lowest BCUT2D eigenvalue weighted by molar-refractivity contribution is -0.193. The quantitative estimate of drug-likeness (QED) is 0.584. The van der Waals surface area contributed by atoms with E-state index in [1.54, 1.807) is 0 Å². The predicted molar refractivity (Wildman–Crippen MR) is 112 cm³/mol. The maximum Gasteiger partial charge on any atom is 0.490 e. The van der Waals surface area contributed by atoms with Crippen LogP contribution in [0, 0.1) is 11.7 Å². The van der Waals surface area contributed by atoms with Gasteiger partial charge in [-0.1, -0.05) is 12.1 Å². The SMILES string of the molecule is CN(C)CC1CN(Cc2ccc(F)cc2)Cc2nccn2C1.O=C(O)C(F)(F)F.O=C(O)C(F)(F)F. The highest BCUT2D eigenvalue weighted by atomic mass is 19.4. The first-order chi connectivity index (χ1) is 16.5. The van der Waals surface area contributed by atoms with Crippen LogP contribution in [0.1, 0.15) is 11.4 Å². The fourth-order valence-electron chi connectivity index (χ4n) is 3.22. The second-order valence-electron chi connectivity index (χ2n) is 8.03. The van der Waals surface area contributed by atoms with Gasteiger partial charge in [-0.3, -0.25) is 4.90 Å². The van der Waals surface area contributed by atoms with Gasteiger partial charge in [0.25, 0.3) is 0 Å². The third kappa shape index (κ3) is 11.5. The molecule has 2 N–H and O–H groups in total. The molecule has 36 heavy (non-hydrogen) atoms. The average Bonchev–Trinajstić information content (AvgIpc) is 3.08. The highest BCUT2D eigenvalue weighted by molar-refractivity contribution is 5.73. The van der Waals surface area contributed by atoms with Crippen molar-refractivity contribution in [1.82, 2.24) is 19.4 Å². The molecule has 0 bridgehead atoms.